The Balaban J connectivity index is 1.70. The molecular weight excluding hydrogens is 285 g/mol. The first-order valence-corrected chi connectivity index (χ1v) is 9.84. The number of rotatable bonds is 11. The van der Waals surface area contributed by atoms with Gasteiger partial charge in [0.15, 0.2) is 0 Å². The van der Waals surface area contributed by atoms with Gasteiger partial charge in [0.2, 0.25) is 0 Å². The van der Waals surface area contributed by atoms with Crippen LogP contribution >= 0.6 is 0 Å². The molecule has 130 valence electrons. The molecule has 1 nitrogen and oxygen atoms in total. The molecule has 1 aromatic rings. The Morgan fingerprint density at radius 1 is 0.826 bits per heavy atom. The second-order valence-electron chi connectivity index (χ2n) is 7.48. The summed E-state index contributed by atoms with van der Waals surface area (Å²) in [6.07, 6.45) is 13.9. The minimum Gasteiger partial charge on any atom is -0.320 e. The molecule has 0 saturated carbocycles. The van der Waals surface area contributed by atoms with Crippen molar-refractivity contribution in [3.8, 4) is 0 Å². The largest absolute Gasteiger partial charge is 0.320 e. The normalized spacial score (nSPS) is 16.8. The number of unbranched alkanes of at least 4 members (excludes halogenated alkanes) is 7. The van der Waals surface area contributed by atoms with Crippen molar-refractivity contribution in [2.24, 2.45) is 0 Å². The standard InChI is InChI=1S/C21H35FN/c1-2-3-4-5-6-7-8-9-16-23(17-10-11-18-23)19-20-12-14-21(22)15-13-20/h12-15H,2-11,16-19H2,1H3/q+1. The molecule has 1 aliphatic heterocycles. The molecule has 0 atom stereocenters. The highest BCUT2D eigenvalue weighted by Gasteiger charge is 2.31. The van der Waals surface area contributed by atoms with E-state index >= 15 is 0 Å². The molecule has 0 aliphatic carbocycles. The highest BCUT2D eigenvalue weighted by molar-refractivity contribution is 5.15. The summed E-state index contributed by atoms with van der Waals surface area (Å²) >= 11 is 0. The Labute approximate surface area is 142 Å². The van der Waals surface area contributed by atoms with Crippen molar-refractivity contribution in [2.75, 3.05) is 19.6 Å². The number of nitrogens with zero attached hydrogens (tertiary/aromatic N) is 1. The molecule has 0 radical (unpaired) electrons. The second kappa shape index (κ2) is 10.1. The number of hydrogen-bond acceptors (Lipinski definition) is 0. The highest BCUT2D eigenvalue weighted by atomic mass is 19.1. The number of halogens is 1. The number of hydrogen-bond donors (Lipinski definition) is 0. The minimum absolute atomic E-state index is 0.121. The summed E-state index contributed by atoms with van der Waals surface area (Å²) in [4.78, 5) is 0. The predicted octanol–water partition coefficient (Wildman–Crippen LogP) is 6.08. The van der Waals surface area contributed by atoms with Crippen molar-refractivity contribution in [3.63, 3.8) is 0 Å². The summed E-state index contributed by atoms with van der Waals surface area (Å²) in [6.45, 7) is 7.31. The molecule has 2 rings (SSSR count). The zero-order chi connectivity index (χ0) is 16.4. The third-order valence-electron chi connectivity index (χ3n) is 5.43. The zero-order valence-corrected chi connectivity index (χ0v) is 15.0. The van der Waals surface area contributed by atoms with Gasteiger partial charge in [-0.15, -0.1) is 0 Å². The van der Waals surface area contributed by atoms with E-state index in [0.717, 1.165) is 6.54 Å². The summed E-state index contributed by atoms with van der Waals surface area (Å²) in [5.41, 5.74) is 1.30. The van der Waals surface area contributed by atoms with E-state index in [4.69, 9.17) is 0 Å². The molecule has 0 unspecified atom stereocenters. The fraction of sp³-hybridized carbons (Fsp3) is 0.714. The molecule has 1 saturated heterocycles. The van der Waals surface area contributed by atoms with Crippen molar-refractivity contribution in [1.82, 2.24) is 0 Å². The van der Waals surface area contributed by atoms with Crippen LogP contribution in [0.1, 0.15) is 76.7 Å². The third-order valence-corrected chi connectivity index (χ3v) is 5.43. The molecule has 0 N–H and O–H groups in total. The molecule has 0 spiro atoms. The van der Waals surface area contributed by atoms with E-state index in [0.29, 0.717) is 0 Å². The maximum Gasteiger partial charge on any atom is 0.123 e. The fourth-order valence-electron chi connectivity index (χ4n) is 4.03. The van der Waals surface area contributed by atoms with Gasteiger partial charge in [-0.1, -0.05) is 57.6 Å². The van der Waals surface area contributed by atoms with E-state index in [1.165, 1.54) is 93.9 Å². The summed E-state index contributed by atoms with van der Waals surface area (Å²) in [5.74, 6) is -0.121. The van der Waals surface area contributed by atoms with Crippen LogP contribution in [0.3, 0.4) is 0 Å². The van der Waals surface area contributed by atoms with Crippen molar-refractivity contribution >= 4 is 0 Å². The summed E-state index contributed by atoms with van der Waals surface area (Å²) in [6, 6.07) is 7.17. The molecule has 1 aliphatic rings. The lowest BCUT2D eigenvalue weighted by atomic mass is 10.1. The van der Waals surface area contributed by atoms with Crippen molar-refractivity contribution in [1.29, 1.82) is 0 Å². The zero-order valence-electron chi connectivity index (χ0n) is 15.0. The molecule has 1 fully saturated rings. The lowest BCUT2D eigenvalue weighted by molar-refractivity contribution is -0.930. The highest BCUT2D eigenvalue weighted by Crippen LogP contribution is 2.25. The van der Waals surface area contributed by atoms with Gasteiger partial charge >= 0.3 is 0 Å². The minimum atomic E-state index is -0.121. The Morgan fingerprint density at radius 3 is 2.00 bits per heavy atom. The molecule has 1 aromatic carbocycles. The van der Waals surface area contributed by atoms with Gasteiger partial charge in [-0.3, -0.25) is 0 Å². The van der Waals surface area contributed by atoms with Crippen molar-refractivity contribution in [2.45, 2.75) is 77.7 Å². The van der Waals surface area contributed by atoms with Gasteiger partial charge in [0.25, 0.3) is 0 Å². The number of benzene rings is 1. The van der Waals surface area contributed by atoms with E-state index in [9.17, 15) is 4.39 Å². The fourth-order valence-corrected chi connectivity index (χ4v) is 4.03. The molecule has 1 heterocycles. The van der Waals surface area contributed by atoms with Gasteiger partial charge in [-0.2, -0.15) is 0 Å². The van der Waals surface area contributed by atoms with Crippen LogP contribution in [0.15, 0.2) is 24.3 Å². The maximum absolute atomic E-state index is 13.1. The van der Waals surface area contributed by atoms with E-state index in [1.54, 1.807) is 12.1 Å². The first-order chi connectivity index (χ1) is 11.2. The number of likely N-dealkylation sites (tertiary alicyclic amines) is 1. The SMILES string of the molecule is CCCCCCCCCC[N+]1(Cc2ccc(F)cc2)CCCC1. The summed E-state index contributed by atoms with van der Waals surface area (Å²) in [7, 11) is 0. The van der Waals surface area contributed by atoms with Gasteiger partial charge in [0.05, 0.1) is 19.6 Å². The van der Waals surface area contributed by atoms with Crippen LogP contribution in [0, 0.1) is 5.82 Å². The van der Waals surface area contributed by atoms with Gasteiger partial charge in [-0.25, -0.2) is 4.39 Å². The topological polar surface area (TPSA) is 0 Å². The lowest BCUT2D eigenvalue weighted by Crippen LogP contribution is -2.45. The van der Waals surface area contributed by atoms with E-state index in [-0.39, 0.29) is 5.82 Å². The Hall–Kier alpha value is -0.890. The van der Waals surface area contributed by atoms with Crippen molar-refractivity contribution < 1.29 is 8.87 Å². The van der Waals surface area contributed by atoms with Crippen molar-refractivity contribution in [3.05, 3.63) is 35.6 Å². The van der Waals surface area contributed by atoms with Crippen LogP contribution in [0.2, 0.25) is 0 Å². The molecular formula is C21H35FN+. The summed E-state index contributed by atoms with van der Waals surface area (Å²) < 4.78 is 14.3. The third kappa shape index (κ3) is 6.63. The predicted molar refractivity (Wildman–Crippen MR) is 96.8 cm³/mol. The summed E-state index contributed by atoms with van der Waals surface area (Å²) in [5, 5.41) is 0. The second-order valence-corrected chi connectivity index (χ2v) is 7.48. The van der Waals surface area contributed by atoms with Crippen LogP contribution in [0.4, 0.5) is 4.39 Å². The van der Waals surface area contributed by atoms with E-state index < -0.39 is 0 Å². The van der Waals surface area contributed by atoms with Crippen LogP contribution < -0.4 is 0 Å². The smallest absolute Gasteiger partial charge is 0.123 e. The Morgan fingerprint density at radius 2 is 1.39 bits per heavy atom. The van der Waals surface area contributed by atoms with Gasteiger partial charge in [0, 0.05) is 18.4 Å². The lowest BCUT2D eigenvalue weighted by Gasteiger charge is -2.34. The Kier molecular flexibility index (Phi) is 8.08. The number of quaternary nitrogens is 1. The van der Waals surface area contributed by atoms with Crippen LogP contribution in [0.5, 0.6) is 0 Å². The van der Waals surface area contributed by atoms with Crippen LogP contribution in [-0.2, 0) is 6.54 Å². The quantitative estimate of drug-likeness (QED) is 0.342. The average molecular weight is 321 g/mol. The van der Waals surface area contributed by atoms with E-state index in [2.05, 4.69) is 6.92 Å². The molecule has 0 amide bonds. The molecule has 0 aromatic heterocycles. The monoisotopic (exact) mass is 320 g/mol. The molecule has 2 heteroatoms. The first-order valence-electron chi connectivity index (χ1n) is 9.84. The first kappa shape index (κ1) is 18.4. The average Bonchev–Trinajstić information content (AvgIpc) is 3.01. The van der Waals surface area contributed by atoms with Gasteiger partial charge in [0.1, 0.15) is 12.4 Å². The van der Waals surface area contributed by atoms with Gasteiger partial charge < -0.3 is 4.48 Å². The maximum atomic E-state index is 13.1. The molecule has 0 bridgehead atoms. The van der Waals surface area contributed by atoms with Crippen LogP contribution in [0.25, 0.3) is 0 Å². The van der Waals surface area contributed by atoms with Crippen LogP contribution in [-0.4, -0.2) is 24.1 Å². The van der Waals surface area contributed by atoms with Gasteiger partial charge in [-0.05, 0) is 25.0 Å². The van der Waals surface area contributed by atoms with E-state index in [1.807, 2.05) is 12.1 Å². The Bertz CT molecular complexity index is 420. The molecule has 23 heavy (non-hydrogen) atoms.